The Morgan fingerprint density at radius 3 is 2.68 bits per heavy atom. The summed E-state index contributed by atoms with van der Waals surface area (Å²) in [7, 11) is 1.07. The number of H-pyrrole nitrogens is 1. The molecule has 2 rings (SSSR count). The molecule has 0 bridgehead atoms. The molecule has 2 amide bonds. The standard InChI is InChI=1S/C11H9ClN6O4/c1-22-10(21)9(20)13-7-4-5(2-3-6(7)12)8(19)14-11-15-17-18-16-11/h2-4H,1H3,(H,13,20)(H2,14,15,16,17,18,19). The average molecular weight is 325 g/mol. The molecule has 0 aliphatic rings. The minimum Gasteiger partial charge on any atom is -0.462 e. The number of amides is 2. The van der Waals surface area contributed by atoms with Crippen molar-refractivity contribution in [3.63, 3.8) is 0 Å². The van der Waals surface area contributed by atoms with Crippen LogP contribution in [0, 0.1) is 0 Å². The molecule has 22 heavy (non-hydrogen) atoms. The Hall–Kier alpha value is -3.01. The predicted molar refractivity (Wildman–Crippen MR) is 74.2 cm³/mol. The van der Waals surface area contributed by atoms with E-state index in [1.165, 1.54) is 18.2 Å². The van der Waals surface area contributed by atoms with Crippen LogP contribution >= 0.6 is 11.6 Å². The van der Waals surface area contributed by atoms with Crippen molar-refractivity contribution in [2.45, 2.75) is 0 Å². The molecule has 0 aliphatic carbocycles. The van der Waals surface area contributed by atoms with Crippen molar-refractivity contribution in [3.8, 4) is 0 Å². The van der Waals surface area contributed by atoms with Crippen LogP contribution in [0.3, 0.4) is 0 Å². The first-order valence-corrected chi connectivity index (χ1v) is 6.13. The third-order valence-corrected chi connectivity index (χ3v) is 2.75. The van der Waals surface area contributed by atoms with Crippen molar-refractivity contribution in [1.82, 2.24) is 20.6 Å². The molecule has 10 nitrogen and oxygen atoms in total. The van der Waals surface area contributed by atoms with E-state index in [0.717, 1.165) is 7.11 Å². The van der Waals surface area contributed by atoms with E-state index in [9.17, 15) is 14.4 Å². The Bertz CT molecular complexity index is 717. The number of benzene rings is 1. The van der Waals surface area contributed by atoms with Crippen LogP contribution in [0.5, 0.6) is 0 Å². The number of esters is 1. The summed E-state index contributed by atoms with van der Waals surface area (Å²) in [5.74, 6) is -2.58. The summed E-state index contributed by atoms with van der Waals surface area (Å²) < 4.78 is 4.27. The molecular formula is C11H9ClN6O4. The second kappa shape index (κ2) is 6.63. The molecular weight excluding hydrogens is 316 g/mol. The number of nitrogens with zero attached hydrogens (tertiary/aromatic N) is 3. The molecule has 0 atom stereocenters. The highest BCUT2D eigenvalue weighted by molar-refractivity contribution is 6.39. The average Bonchev–Trinajstić information content (AvgIpc) is 3.01. The number of rotatable bonds is 3. The van der Waals surface area contributed by atoms with Gasteiger partial charge in [-0.15, -0.1) is 0 Å². The molecule has 1 heterocycles. The second-order valence-electron chi connectivity index (χ2n) is 3.84. The zero-order valence-corrected chi connectivity index (χ0v) is 11.8. The lowest BCUT2D eigenvalue weighted by Gasteiger charge is -2.08. The fourth-order valence-electron chi connectivity index (χ4n) is 1.42. The molecule has 0 saturated heterocycles. The third kappa shape index (κ3) is 3.55. The molecule has 0 saturated carbocycles. The van der Waals surface area contributed by atoms with Gasteiger partial charge in [-0.05, 0) is 28.6 Å². The van der Waals surface area contributed by atoms with Crippen LogP contribution in [0.2, 0.25) is 5.02 Å². The largest absolute Gasteiger partial charge is 0.462 e. The van der Waals surface area contributed by atoms with Gasteiger partial charge in [-0.2, -0.15) is 0 Å². The highest BCUT2D eigenvalue weighted by Gasteiger charge is 2.17. The fourth-order valence-corrected chi connectivity index (χ4v) is 1.58. The van der Waals surface area contributed by atoms with E-state index >= 15 is 0 Å². The first-order chi connectivity index (χ1) is 10.5. The summed E-state index contributed by atoms with van der Waals surface area (Å²) in [4.78, 5) is 34.5. The summed E-state index contributed by atoms with van der Waals surface area (Å²) in [6.45, 7) is 0. The van der Waals surface area contributed by atoms with E-state index in [1.807, 2.05) is 0 Å². The van der Waals surface area contributed by atoms with Crippen LogP contribution in [-0.4, -0.2) is 45.5 Å². The Balaban J connectivity index is 2.17. The smallest absolute Gasteiger partial charge is 0.396 e. The predicted octanol–water partition coefficient (Wildman–Crippen LogP) is 0.217. The number of carbonyl (C=O) groups is 3. The lowest BCUT2D eigenvalue weighted by molar-refractivity contribution is -0.150. The number of anilines is 2. The van der Waals surface area contributed by atoms with Crippen molar-refractivity contribution in [2.24, 2.45) is 0 Å². The zero-order valence-electron chi connectivity index (χ0n) is 11.1. The van der Waals surface area contributed by atoms with Gasteiger partial charge in [-0.25, -0.2) is 9.89 Å². The van der Waals surface area contributed by atoms with Crippen LogP contribution in [0.4, 0.5) is 11.6 Å². The topological polar surface area (TPSA) is 139 Å². The van der Waals surface area contributed by atoms with Crippen LogP contribution in [-0.2, 0) is 14.3 Å². The van der Waals surface area contributed by atoms with Gasteiger partial charge in [0.15, 0.2) is 0 Å². The zero-order chi connectivity index (χ0) is 16.1. The van der Waals surface area contributed by atoms with E-state index < -0.39 is 17.8 Å². The Morgan fingerprint density at radius 2 is 2.05 bits per heavy atom. The summed E-state index contributed by atoms with van der Waals surface area (Å²) in [6, 6.07) is 4.11. The molecule has 0 radical (unpaired) electrons. The summed E-state index contributed by atoms with van der Waals surface area (Å²) in [6.07, 6.45) is 0. The van der Waals surface area contributed by atoms with Gasteiger partial charge in [0.25, 0.3) is 5.91 Å². The van der Waals surface area contributed by atoms with Gasteiger partial charge in [-0.1, -0.05) is 16.7 Å². The number of methoxy groups -OCH3 is 1. The fraction of sp³-hybridized carbons (Fsp3) is 0.0909. The lowest BCUT2D eigenvalue weighted by atomic mass is 10.2. The number of aromatic nitrogens is 4. The number of hydrogen-bond acceptors (Lipinski definition) is 7. The van der Waals surface area contributed by atoms with Crippen molar-refractivity contribution in [2.75, 3.05) is 17.7 Å². The second-order valence-corrected chi connectivity index (χ2v) is 4.25. The van der Waals surface area contributed by atoms with Crippen LogP contribution < -0.4 is 10.6 Å². The number of ether oxygens (including phenoxy) is 1. The summed E-state index contributed by atoms with van der Waals surface area (Å²) in [5.41, 5.74) is 0.251. The van der Waals surface area contributed by atoms with Gasteiger partial charge in [-0.3, -0.25) is 14.9 Å². The minimum absolute atomic E-state index is 0.0556. The van der Waals surface area contributed by atoms with E-state index in [2.05, 4.69) is 36.0 Å². The molecule has 2 aromatic rings. The summed E-state index contributed by atoms with van der Waals surface area (Å²) >= 11 is 5.90. The number of halogens is 1. The van der Waals surface area contributed by atoms with Gasteiger partial charge in [0, 0.05) is 5.56 Å². The molecule has 114 valence electrons. The number of hydrogen-bond donors (Lipinski definition) is 3. The van der Waals surface area contributed by atoms with E-state index in [4.69, 9.17) is 11.6 Å². The summed E-state index contributed by atoms with van der Waals surface area (Å²) in [5, 5.41) is 17.2. The Labute approximate surface area is 128 Å². The quantitative estimate of drug-likeness (QED) is 0.542. The minimum atomic E-state index is -1.08. The molecule has 1 aromatic heterocycles. The molecule has 1 aromatic carbocycles. The van der Waals surface area contributed by atoms with E-state index in [-0.39, 0.29) is 22.2 Å². The SMILES string of the molecule is COC(=O)C(=O)Nc1cc(C(=O)Nc2nnn[nH]2)ccc1Cl. The van der Waals surface area contributed by atoms with Crippen molar-refractivity contribution in [1.29, 1.82) is 0 Å². The van der Waals surface area contributed by atoms with Gasteiger partial charge >= 0.3 is 11.9 Å². The number of tetrazole rings is 1. The maximum absolute atomic E-state index is 12.0. The van der Waals surface area contributed by atoms with Gasteiger partial charge in [0.1, 0.15) is 0 Å². The van der Waals surface area contributed by atoms with E-state index in [1.54, 1.807) is 0 Å². The van der Waals surface area contributed by atoms with Gasteiger partial charge in [0.05, 0.1) is 17.8 Å². The molecule has 11 heteroatoms. The lowest BCUT2D eigenvalue weighted by Crippen LogP contribution is -2.24. The Morgan fingerprint density at radius 1 is 1.27 bits per heavy atom. The van der Waals surface area contributed by atoms with Crippen molar-refractivity contribution < 1.29 is 19.1 Å². The number of aromatic amines is 1. The molecule has 0 spiro atoms. The van der Waals surface area contributed by atoms with Crippen molar-refractivity contribution in [3.05, 3.63) is 28.8 Å². The first-order valence-electron chi connectivity index (χ1n) is 5.75. The molecule has 0 unspecified atom stereocenters. The normalized spacial score (nSPS) is 9.91. The maximum Gasteiger partial charge on any atom is 0.396 e. The molecule has 0 aliphatic heterocycles. The first kappa shape index (κ1) is 15.4. The van der Waals surface area contributed by atoms with Crippen molar-refractivity contribution >= 4 is 41.0 Å². The van der Waals surface area contributed by atoms with Crippen LogP contribution in [0.1, 0.15) is 10.4 Å². The number of nitrogens with one attached hydrogen (secondary N) is 3. The van der Waals surface area contributed by atoms with Gasteiger partial charge < -0.3 is 10.1 Å². The van der Waals surface area contributed by atoms with Crippen LogP contribution in [0.25, 0.3) is 0 Å². The molecule has 0 fully saturated rings. The van der Waals surface area contributed by atoms with Gasteiger partial charge in [0.2, 0.25) is 5.95 Å². The number of carbonyl (C=O) groups excluding carboxylic acids is 3. The van der Waals surface area contributed by atoms with E-state index in [0.29, 0.717) is 0 Å². The monoisotopic (exact) mass is 324 g/mol. The maximum atomic E-state index is 12.0. The third-order valence-electron chi connectivity index (χ3n) is 2.42. The highest BCUT2D eigenvalue weighted by atomic mass is 35.5. The molecule has 3 N–H and O–H groups in total. The highest BCUT2D eigenvalue weighted by Crippen LogP contribution is 2.23. The van der Waals surface area contributed by atoms with Crippen LogP contribution in [0.15, 0.2) is 18.2 Å². The Kier molecular flexibility index (Phi) is 4.63.